The van der Waals surface area contributed by atoms with Gasteiger partial charge < -0.3 is 59.7 Å². The van der Waals surface area contributed by atoms with Crippen LogP contribution in [-0.2, 0) is 24.0 Å². The van der Waals surface area contributed by atoms with Crippen LogP contribution in [0.3, 0.4) is 0 Å². The van der Waals surface area contributed by atoms with Gasteiger partial charge in [0, 0.05) is 13.1 Å². The van der Waals surface area contributed by atoms with Gasteiger partial charge in [-0.1, -0.05) is 0 Å². The maximum atomic E-state index is 13.5. The molecule has 4 amide bonds. The summed E-state index contributed by atoms with van der Waals surface area (Å²) in [4.78, 5) is 69.4. The third-order valence-corrected chi connectivity index (χ3v) is 7.07. The molecule has 5 atom stereocenters. The highest BCUT2D eigenvalue weighted by Crippen LogP contribution is 2.19. The van der Waals surface area contributed by atoms with Gasteiger partial charge in [0.2, 0.25) is 23.6 Å². The summed E-state index contributed by atoms with van der Waals surface area (Å²) in [6.45, 7) is 0.605. The first-order valence-electron chi connectivity index (χ1n) is 14.7. The van der Waals surface area contributed by atoms with Crippen molar-refractivity contribution in [1.29, 1.82) is 0 Å². The number of nitrogens with zero attached hydrogens (tertiary/aromatic N) is 2. The van der Waals surface area contributed by atoms with Crippen LogP contribution in [0.2, 0.25) is 0 Å². The monoisotopic (exact) mass is 614 g/mol. The predicted molar refractivity (Wildman–Crippen MR) is 159 cm³/mol. The van der Waals surface area contributed by atoms with Gasteiger partial charge in [0.1, 0.15) is 30.2 Å². The molecule has 0 spiro atoms. The zero-order valence-corrected chi connectivity index (χ0v) is 24.7. The fourth-order valence-corrected chi connectivity index (χ4v) is 4.69. The van der Waals surface area contributed by atoms with E-state index in [0.29, 0.717) is 58.0 Å². The lowest BCUT2D eigenvalue weighted by atomic mass is 10.0. The fraction of sp³-hybridized carbons (Fsp3) is 0.769. The number of aliphatic carboxylic acids is 1. The quantitative estimate of drug-likeness (QED) is 0.0337. The van der Waals surface area contributed by atoms with Crippen LogP contribution in [0.15, 0.2) is 4.99 Å². The summed E-state index contributed by atoms with van der Waals surface area (Å²) in [6, 6.07) is -5.47. The van der Waals surface area contributed by atoms with E-state index < -0.39 is 66.4 Å². The minimum absolute atomic E-state index is 0.0964. The Morgan fingerprint density at radius 1 is 0.837 bits per heavy atom. The Balaban J connectivity index is 3.11. The fourth-order valence-electron chi connectivity index (χ4n) is 4.69. The van der Waals surface area contributed by atoms with Gasteiger partial charge in [-0.15, -0.1) is 0 Å². The van der Waals surface area contributed by atoms with Crippen LogP contribution in [0.1, 0.15) is 64.2 Å². The number of amides is 4. The second-order valence-corrected chi connectivity index (χ2v) is 10.5. The van der Waals surface area contributed by atoms with Crippen molar-refractivity contribution < 1.29 is 34.2 Å². The van der Waals surface area contributed by atoms with Gasteiger partial charge in [0.25, 0.3) is 0 Å². The number of carbonyl (C=O) groups excluding carboxylic acids is 4. The van der Waals surface area contributed by atoms with Crippen molar-refractivity contribution in [3.05, 3.63) is 0 Å². The summed E-state index contributed by atoms with van der Waals surface area (Å²) in [6.07, 6.45) is 3.74. The molecule has 0 aliphatic carbocycles. The number of rotatable bonds is 21. The molecule has 1 aliphatic heterocycles. The van der Waals surface area contributed by atoms with E-state index in [0.717, 1.165) is 0 Å². The molecule has 0 radical (unpaired) electrons. The molecule has 0 aromatic rings. The molecule has 1 rings (SSSR count). The second-order valence-electron chi connectivity index (χ2n) is 10.5. The molecule has 0 bridgehead atoms. The molecule has 1 saturated heterocycles. The first kappa shape index (κ1) is 37.5. The summed E-state index contributed by atoms with van der Waals surface area (Å²) in [5.74, 6) is -3.87. The molecule has 15 N–H and O–H groups in total. The Kier molecular flexibility index (Phi) is 17.8. The summed E-state index contributed by atoms with van der Waals surface area (Å²) < 4.78 is 0. The highest BCUT2D eigenvalue weighted by Gasteiger charge is 2.38. The van der Waals surface area contributed by atoms with Crippen LogP contribution in [0.25, 0.3) is 0 Å². The molecule has 17 heteroatoms. The SMILES string of the molecule is NCCCC[C@H](NC(=O)[C@H](CCCCN)NC(=O)[C@H](CCCN=C(N)N)NC(=O)[C@@H]1CCCN1C(=O)[C@@H](N)CO)C(=O)O. The van der Waals surface area contributed by atoms with Crippen LogP contribution in [-0.4, -0.2) is 114 Å². The van der Waals surface area contributed by atoms with Gasteiger partial charge in [-0.3, -0.25) is 24.2 Å². The molecule has 43 heavy (non-hydrogen) atoms. The number of carboxylic acid groups (broad SMARTS) is 1. The highest BCUT2D eigenvalue weighted by molar-refractivity contribution is 5.95. The third-order valence-electron chi connectivity index (χ3n) is 7.07. The van der Waals surface area contributed by atoms with Gasteiger partial charge in [-0.05, 0) is 77.3 Å². The lowest BCUT2D eigenvalue weighted by molar-refractivity contribution is -0.142. The maximum Gasteiger partial charge on any atom is 0.326 e. The zero-order chi connectivity index (χ0) is 32.4. The van der Waals surface area contributed by atoms with Crippen LogP contribution >= 0.6 is 0 Å². The van der Waals surface area contributed by atoms with Crippen molar-refractivity contribution in [2.24, 2.45) is 33.7 Å². The lowest BCUT2D eigenvalue weighted by Crippen LogP contribution is -2.58. The number of carboxylic acids is 1. The number of aliphatic hydroxyl groups is 1. The summed E-state index contributed by atoms with van der Waals surface area (Å²) in [7, 11) is 0. The first-order valence-corrected chi connectivity index (χ1v) is 14.7. The van der Waals surface area contributed by atoms with Crippen molar-refractivity contribution in [2.75, 3.05) is 32.8 Å². The van der Waals surface area contributed by atoms with Gasteiger partial charge >= 0.3 is 5.97 Å². The minimum atomic E-state index is -1.21. The van der Waals surface area contributed by atoms with Crippen molar-refractivity contribution in [3.8, 4) is 0 Å². The first-order chi connectivity index (χ1) is 20.5. The molecular weight excluding hydrogens is 564 g/mol. The Morgan fingerprint density at radius 3 is 1.91 bits per heavy atom. The molecule has 1 heterocycles. The minimum Gasteiger partial charge on any atom is -0.480 e. The Morgan fingerprint density at radius 2 is 1.37 bits per heavy atom. The Hall–Kier alpha value is -3.54. The van der Waals surface area contributed by atoms with E-state index in [-0.39, 0.29) is 38.3 Å². The van der Waals surface area contributed by atoms with Gasteiger partial charge in [0.05, 0.1) is 6.61 Å². The topological polar surface area (TPSA) is 308 Å². The highest BCUT2D eigenvalue weighted by atomic mass is 16.4. The number of hydrogen-bond donors (Lipinski definition) is 10. The number of aliphatic hydroxyl groups excluding tert-OH is 1. The van der Waals surface area contributed by atoms with E-state index in [1.165, 1.54) is 4.90 Å². The van der Waals surface area contributed by atoms with E-state index in [1.807, 2.05) is 0 Å². The Bertz CT molecular complexity index is 947. The second kappa shape index (κ2) is 20.4. The summed E-state index contributed by atoms with van der Waals surface area (Å²) in [5, 5.41) is 26.7. The van der Waals surface area contributed by atoms with Crippen molar-refractivity contribution in [2.45, 2.75) is 94.4 Å². The summed E-state index contributed by atoms with van der Waals surface area (Å²) in [5.41, 5.74) is 27.5. The van der Waals surface area contributed by atoms with E-state index in [4.69, 9.17) is 28.7 Å². The molecule has 17 nitrogen and oxygen atoms in total. The van der Waals surface area contributed by atoms with E-state index in [1.54, 1.807) is 0 Å². The molecule has 0 unspecified atom stereocenters. The van der Waals surface area contributed by atoms with Crippen molar-refractivity contribution in [3.63, 3.8) is 0 Å². The van der Waals surface area contributed by atoms with Gasteiger partial charge in [0.15, 0.2) is 5.96 Å². The zero-order valence-electron chi connectivity index (χ0n) is 24.7. The third kappa shape index (κ3) is 13.5. The maximum absolute atomic E-state index is 13.5. The average molecular weight is 615 g/mol. The standard InChI is InChI=1S/C26H50N10O7/c27-11-3-1-7-17(22(39)35-19(25(42)43)8-2-4-12-28)33-21(38)18(9-5-13-32-26(30)31)34-23(40)20-10-6-14-36(20)24(41)16(29)15-37/h16-20,37H,1-15,27-29H2,(H,33,38)(H,34,40)(H,35,39)(H,42,43)(H4,30,31,32)/t16-,17-,18-,19-,20-/m0/s1. The van der Waals surface area contributed by atoms with E-state index in [9.17, 15) is 34.2 Å². The van der Waals surface area contributed by atoms with Crippen molar-refractivity contribution >= 4 is 35.6 Å². The van der Waals surface area contributed by atoms with Crippen LogP contribution in [0.4, 0.5) is 0 Å². The molecular formula is C26H50N10O7. The number of likely N-dealkylation sites (tertiary alicyclic amines) is 1. The summed E-state index contributed by atoms with van der Waals surface area (Å²) >= 11 is 0. The number of unbranched alkanes of at least 4 members (excludes halogenated alkanes) is 2. The number of hydrogen-bond acceptors (Lipinski definition) is 10. The van der Waals surface area contributed by atoms with Crippen LogP contribution in [0, 0.1) is 0 Å². The van der Waals surface area contributed by atoms with Crippen molar-refractivity contribution in [1.82, 2.24) is 20.9 Å². The molecule has 0 aromatic heterocycles. The number of nitrogens with one attached hydrogen (secondary N) is 3. The lowest BCUT2D eigenvalue weighted by Gasteiger charge is -2.28. The van der Waals surface area contributed by atoms with Gasteiger partial charge in [-0.2, -0.15) is 0 Å². The van der Waals surface area contributed by atoms with Gasteiger partial charge in [-0.25, -0.2) is 4.79 Å². The van der Waals surface area contributed by atoms with E-state index in [2.05, 4.69) is 20.9 Å². The largest absolute Gasteiger partial charge is 0.480 e. The number of carbonyl (C=O) groups is 5. The predicted octanol–water partition coefficient (Wildman–Crippen LogP) is -3.85. The van der Waals surface area contributed by atoms with Crippen LogP contribution in [0.5, 0.6) is 0 Å². The molecule has 0 saturated carbocycles. The number of guanidine groups is 1. The Labute approximate surface area is 251 Å². The van der Waals surface area contributed by atoms with Crippen LogP contribution < -0.4 is 44.6 Å². The molecule has 1 fully saturated rings. The average Bonchev–Trinajstić information content (AvgIpc) is 3.46. The normalized spacial score (nSPS) is 17.3. The molecule has 246 valence electrons. The van der Waals surface area contributed by atoms with E-state index >= 15 is 0 Å². The smallest absolute Gasteiger partial charge is 0.326 e. The molecule has 0 aromatic carbocycles. The molecule has 1 aliphatic rings. The number of aliphatic imine (C=N–C) groups is 1. The number of nitrogens with two attached hydrogens (primary N) is 5.